The average molecular weight is 275 g/mol. The molecule has 0 amide bonds. The molecule has 0 spiro atoms. The summed E-state index contributed by atoms with van der Waals surface area (Å²) in [7, 11) is 1.90. The van der Waals surface area contributed by atoms with Gasteiger partial charge in [-0.15, -0.1) is 0 Å². The van der Waals surface area contributed by atoms with Gasteiger partial charge < -0.3 is 4.55 Å². The molecule has 0 saturated carbocycles. The number of nitriles is 1. The highest BCUT2D eigenvalue weighted by atomic mass is 32.2. The van der Waals surface area contributed by atoms with Gasteiger partial charge in [0, 0.05) is 24.6 Å². The van der Waals surface area contributed by atoms with Crippen LogP contribution in [0.4, 0.5) is 0 Å². The van der Waals surface area contributed by atoms with Gasteiger partial charge in [-0.1, -0.05) is 12.1 Å². The molecule has 1 heterocycles. The molecule has 0 aliphatic carbocycles. The van der Waals surface area contributed by atoms with Crippen LogP contribution in [0.15, 0.2) is 29.4 Å². The minimum absolute atomic E-state index is 0.582. The molecule has 0 saturated heterocycles. The molecule has 0 radical (unpaired) electrons. The van der Waals surface area contributed by atoms with Gasteiger partial charge in [0.25, 0.3) is 0 Å². The normalized spacial score (nSPS) is 12.5. The summed E-state index contributed by atoms with van der Waals surface area (Å²) < 4.78 is 14.1. The minimum Gasteiger partial charge on any atom is -0.609 e. The van der Waals surface area contributed by atoms with E-state index in [9.17, 15) is 4.55 Å². The largest absolute Gasteiger partial charge is 0.609 e. The van der Waals surface area contributed by atoms with Crippen LogP contribution in [0.1, 0.15) is 25.7 Å². The Hall–Kier alpha value is -1.51. The smallest absolute Gasteiger partial charge is 0.323 e. The summed E-state index contributed by atoms with van der Waals surface area (Å²) in [5.74, 6) is 0.614. The Kier molecular flexibility index (Phi) is 4.83. The highest BCUT2D eigenvalue weighted by molar-refractivity contribution is 7.91. The summed E-state index contributed by atoms with van der Waals surface area (Å²) in [6, 6.07) is 9.93. The van der Waals surface area contributed by atoms with Gasteiger partial charge in [-0.3, -0.25) is 4.57 Å². The lowest BCUT2D eigenvalue weighted by molar-refractivity contribution is 0.574. The number of hydrogen-bond donors (Lipinski definition) is 0. The molecule has 2 rings (SSSR count). The quantitative estimate of drug-likeness (QED) is 0.601. The van der Waals surface area contributed by atoms with Gasteiger partial charge in [0.1, 0.15) is 5.75 Å². The van der Waals surface area contributed by atoms with E-state index in [1.54, 1.807) is 0 Å². The van der Waals surface area contributed by atoms with E-state index in [-0.39, 0.29) is 0 Å². The van der Waals surface area contributed by atoms with E-state index in [1.165, 1.54) is 0 Å². The van der Waals surface area contributed by atoms with Crippen LogP contribution in [-0.4, -0.2) is 19.9 Å². The van der Waals surface area contributed by atoms with Crippen molar-refractivity contribution in [2.24, 2.45) is 7.05 Å². The zero-order valence-electron chi connectivity index (χ0n) is 11.0. The summed E-state index contributed by atoms with van der Waals surface area (Å²) in [5.41, 5.74) is 1.90. The summed E-state index contributed by atoms with van der Waals surface area (Å²) in [4.78, 5) is 4.44. The molecule has 0 aliphatic rings. The molecule has 0 unspecified atom stereocenters. The predicted octanol–water partition coefficient (Wildman–Crippen LogP) is 2.76. The maximum Gasteiger partial charge on any atom is 0.323 e. The standard InChI is InChI=1S/C14H17N3OS/c1-17-13-9-5-4-8-12(13)16-14(17)19(18)11-7-3-2-6-10-15/h4-5,8-9H,2-3,6-7,11H2,1H3/t19-/m0/s1. The van der Waals surface area contributed by atoms with Gasteiger partial charge in [-0.05, 0) is 31.4 Å². The lowest BCUT2D eigenvalue weighted by Gasteiger charge is -2.08. The molecule has 4 nitrogen and oxygen atoms in total. The second kappa shape index (κ2) is 6.60. The number of imidazole rings is 1. The van der Waals surface area contributed by atoms with Crippen molar-refractivity contribution in [1.29, 1.82) is 5.26 Å². The maximum atomic E-state index is 12.2. The van der Waals surface area contributed by atoms with Crippen molar-refractivity contribution in [2.45, 2.75) is 30.8 Å². The molecular weight excluding hydrogens is 258 g/mol. The third-order valence-electron chi connectivity index (χ3n) is 3.07. The third-order valence-corrected chi connectivity index (χ3v) is 4.50. The first-order valence-corrected chi connectivity index (χ1v) is 7.72. The number of unbranched alkanes of at least 4 members (excludes halogenated alkanes) is 3. The molecule has 0 bridgehead atoms. The Morgan fingerprint density at radius 3 is 2.84 bits per heavy atom. The summed E-state index contributed by atoms with van der Waals surface area (Å²) in [5, 5.41) is 9.09. The lowest BCUT2D eigenvalue weighted by Crippen LogP contribution is -2.12. The van der Waals surface area contributed by atoms with Crippen molar-refractivity contribution in [1.82, 2.24) is 9.55 Å². The van der Waals surface area contributed by atoms with Crippen LogP contribution < -0.4 is 0 Å². The minimum atomic E-state index is -1.06. The van der Waals surface area contributed by atoms with E-state index in [1.807, 2.05) is 35.9 Å². The molecule has 0 N–H and O–H groups in total. The number of rotatable bonds is 6. The van der Waals surface area contributed by atoms with E-state index in [4.69, 9.17) is 5.26 Å². The van der Waals surface area contributed by atoms with Crippen LogP contribution in [0, 0.1) is 11.3 Å². The molecule has 1 atom stereocenters. The Morgan fingerprint density at radius 1 is 1.32 bits per heavy atom. The molecule has 5 heteroatoms. The van der Waals surface area contributed by atoms with E-state index >= 15 is 0 Å². The summed E-state index contributed by atoms with van der Waals surface area (Å²) >= 11 is -1.06. The van der Waals surface area contributed by atoms with Gasteiger partial charge >= 0.3 is 5.16 Å². The predicted molar refractivity (Wildman–Crippen MR) is 76.1 cm³/mol. The fourth-order valence-electron chi connectivity index (χ4n) is 2.03. The first-order chi connectivity index (χ1) is 9.24. The number of benzene rings is 1. The average Bonchev–Trinajstić information content (AvgIpc) is 2.76. The summed E-state index contributed by atoms with van der Waals surface area (Å²) in [6.07, 6.45) is 3.29. The van der Waals surface area contributed by atoms with E-state index in [0.717, 1.165) is 30.3 Å². The monoisotopic (exact) mass is 275 g/mol. The molecular formula is C14H17N3OS. The van der Waals surface area contributed by atoms with E-state index in [2.05, 4.69) is 11.1 Å². The number of fused-ring (bicyclic) bond motifs is 1. The first kappa shape index (κ1) is 13.9. The first-order valence-electron chi connectivity index (χ1n) is 6.41. The van der Waals surface area contributed by atoms with Gasteiger partial charge in [0.15, 0.2) is 0 Å². The Balaban J connectivity index is 1.99. The molecule has 2 aromatic rings. The number of aryl methyl sites for hydroxylation is 1. The van der Waals surface area contributed by atoms with Crippen molar-refractivity contribution in [3.8, 4) is 6.07 Å². The van der Waals surface area contributed by atoms with Crippen molar-refractivity contribution >= 4 is 22.2 Å². The van der Waals surface area contributed by atoms with Gasteiger partial charge in [0.2, 0.25) is 0 Å². The van der Waals surface area contributed by atoms with Crippen LogP contribution in [0.3, 0.4) is 0 Å². The third kappa shape index (κ3) is 3.28. The number of para-hydroxylation sites is 2. The number of aromatic nitrogens is 2. The van der Waals surface area contributed by atoms with Crippen molar-refractivity contribution < 1.29 is 4.55 Å². The molecule has 100 valence electrons. The second-order valence-corrected chi connectivity index (χ2v) is 5.92. The fraction of sp³-hybridized carbons (Fsp3) is 0.429. The lowest BCUT2D eigenvalue weighted by atomic mass is 10.2. The fourth-order valence-corrected chi connectivity index (χ4v) is 3.29. The molecule has 19 heavy (non-hydrogen) atoms. The van der Waals surface area contributed by atoms with Gasteiger partial charge in [-0.25, -0.2) is 0 Å². The molecule has 1 aromatic carbocycles. The zero-order valence-corrected chi connectivity index (χ0v) is 11.8. The van der Waals surface area contributed by atoms with Crippen LogP contribution in [0.5, 0.6) is 0 Å². The zero-order chi connectivity index (χ0) is 13.7. The SMILES string of the molecule is Cn1c([S@@+]([O-])CCCCCC#N)nc2ccccc21. The van der Waals surface area contributed by atoms with Crippen LogP contribution in [-0.2, 0) is 18.2 Å². The van der Waals surface area contributed by atoms with Gasteiger partial charge in [0.05, 0.1) is 17.1 Å². The Labute approximate surface area is 116 Å². The topological polar surface area (TPSA) is 64.7 Å². The molecule has 0 aliphatic heterocycles. The van der Waals surface area contributed by atoms with E-state index in [0.29, 0.717) is 17.3 Å². The second-order valence-electron chi connectivity index (χ2n) is 4.46. The molecule has 0 fully saturated rings. The van der Waals surface area contributed by atoms with Crippen LogP contribution in [0.25, 0.3) is 11.0 Å². The van der Waals surface area contributed by atoms with E-state index < -0.39 is 11.2 Å². The highest BCUT2D eigenvalue weighted by Crippen LogP contribution is 2.19. The summed E-state index contributed by atoms with van der Waals surface area (Å²) in [6.45, 7) is 0. The van der Waals surface area contributed by atoms with Crippen molar-refractivity contribution in [2.75, 3.05) is 5.75 Å². The molecule has 1 aromatic heterocycles. The number of hydrogen-bond acceptors (Lipinski definition) is 3. The van der Waals surface area contributed by atoms with Crippen LogP contribution >= 0.6 is 0 Å². The van der Waals surface area contributed by atoms with Crippen molar-refractivity contribution in [3.63, 3.8) is 0 Å². The Bertz CT molecular complexity index is 588. The van der Waals surface area contributed by atoms with Gasteiger partial charge in [-0.2, -0.15) is 10.2 Å². The number of nitrogens with zero attached hydrogens (tertiary/aromatic N) is 3. The van der Waals surface area contributed by atoms with Crippen LogP contribution in [0.2, 0.25) is 0 Å². The Morgan fingerprint density at radius 2 is 2.11 bits per heavy atom. The highest BCUT2D eigenvalue weighted by Gasteiger charge is 2.19. The van der Waals surface area contributed by atoms with Crippen molar-refractivity contribution in [3.05, 3.63) is 24.3 Å². The maximum absolute atomic E-state index is 12.2.